The predicted molar refractivity (Wildman–Crippen MR) is 110 cm³/mol. The molecule has 29 heavy (non-hydrogen) atoms. The van der Waals surface area contributed by atoms with E-state index in [1.54, 1.807) is 36.4 Å². The Labute approximate surface area is 177 Å². The van der Waals surface area contributed by atoms with Gasteiger partial charge in [0, 0.05) is 28.7 Å². The molecule has 0 radical (unpaired) electrons. The van der Waals surface area contributed by atoms with E-state index in [1.165, 1.54) is 18.1 Å². The van der Waals surface area contributed by atoms with Crippen molar-refractivity contribution in [1.82, 2.24) is 0 Å². The van der Waals surface area contributed by atoms with Crippen molar-refractivity contribution in [2.24, 2.45) is 5.92 Å². The minimum absolute atomic E-state index is 0.00901. The second-order valence-electron chi connectivity index (χ2n) is 6.39. The van der Waals surface area contributed by atoms with Crippen LogP contribution in [-0.4, -0.2) is 38.0 Å². The van der Waals surface area contributed by atoms with Crippen molar-refractivity contribution in [3.63, 3.8) is 0 Å². The molecule has 1 N–H and O–H groups in total. The monoisotopic (exact) mass is 436 g/mol. The molecule has 0 spiro atoms. The lowest BCUT2D eigenvalue weighted by molar-refractivity contribution is -0.151. The molecule has 9 heteroatoms. The fourth-order valence-electron chi connectivity index (χ4n) is 2.98. The van der Waals surface area contributed by atoms with Gasteiger partial charge >= 0.3 is 5.97 Å². The van der Waals surface area contributed by atoms with Gasteiger partial charge in [-0.05, 0) is 36.4 Å². The zero-order valence-corrected chi connectivity index (χ0v) is 17.0. The lowest BCUT2D eigenvalue weighted by atomic mass is 10.1. The molecule has 7 nitrogen and oxygen atoms in total. The van der Waals surface area contributed by atoms with Gasteiger partial charge < -0.3 is 19.7 Å². The maximum atomic E-state index is 12.3. The third-order valence-corrected chi connectivity index (χ3v) is 4.83. The summed E-state index contributed by atoms with van der Waals surface area (Å²) in [5.41, 5.74) is 0.979. The molecule has 1 saturated heterocycles. The first-order chi connectivity index (χ1) is 13.9. The maximum absolute atomic E-state index is 12.3. The summed E-state index contributed by atoms with van der Waals surface area (Å²) in [6.07, 6.45) is 0.00901. The Morgan fingerprint density at radius 3 is 2.66 bits per heavy atom. The largest absolute Gasteiger partial charge is 0.495 e. The zero-order valence-electron chi connectivity index (χ0n) is 15.5. The predicted octanol–water partition coefficient (Wildman–Crippen LogP) is 3.54. The van der Waals surface area contributed by atoms with Crippen molar-refractivity contribution in [1.29, 1.82) is 0 Å². The summed E-state index contributed by atoms with van der Waals surface area (Å²) in [5.74, 6) is -1.60. The Morgan fingerprint density at radius 1 is 1.17 bits per heavy atom. The molecule has 1 atom stereocenters. The number of nitrogens with one attached hydrogen (secondary N) is 1. The average molecular weight is 437 g/mol. The van der Waals surface area contributed by atoms with Crippen molar-refractivity contribution >= 4 is 52.4 Å². The number of esters is 1. The molecule has 1 aliphatic rings. The summed E-state index contributed by atoms with van der Waals surface area (Å²) in [4.78, 5) is 38.2. The Hall–Kier alpha value is -2.77. The van der Waals surface area contributed by atoms with E-state index in [4.69, 9.17) is 32.7 Å². The van der Waals surface area contributed by atoms with Crippen molar-refractivity contribution in [3.8, 4) is 5.75 Å². The molecule has 3 rings (SSSR count). The van der Waals surface area contributed by atoms with Gasteiger partial charge in [-0.1, -0.05) is 29.3 Å². The number of nitrogens with zero attached hydrogens (tertiary/aromatic N) is 1. The number of carbonyl (C=O) groups is 3. The van der Waals surface area contributed by atoms with Gasteiger partial charge in [-0.2, -0.15) is 0 Å². The summed E-state index contributed by atoms with van der Waals surface area (Å²) in [6, 6.07) is 11.6. The molecule has 2 aromatic carbocycles. The van der Waals surface area contributed by atoms with Gasteiger partial charge in [0.2, 0.25) is 5.91 Å². The number of benzene rings is 2. The quantitative estimate of drug-likeness (QED) is 0.699. The fourth-order valence-corrected chi connectivity index (χ4v) is 3.33. The number of carbonyl (C=O) groups excluding carboxylic acids is 3. The summed E-state index contributed by atoms with van der Waals surface area (Å²) in [5, 5.41) is 3.50. The van der Waals surface area contributed by atoms with Crippen molar-refractivity contribution in [2.75, 3.05) is 30.5 Å². The molecule has 1 fully saturated rings. The lowest BCUT2D eigenvalue weighted by Crippen LogP contribution is -2.28. The molecule has 152 valence electrons. The molecule has 2 aromatic rings. The van der Waals surface area contributed by atoms with Crippen molar-refractivity contribution in [3.05, 3.63) is 52.5 Å². The van der Waals surface area contributed by atoms with E-state index in [1.807, 2.05) is 0 Å². The SMILES string of the molecule is COc1ccc(Cl)cc1NC(=O)COC(=O)C1CC(=O)N(c2cccc(Cl)c2)C1. The topological polar surface area (TPSA) is 84.9 Å². The van der Waals surface area contributed by atoms with Gasteiger partial charge in [0.15, 0.2) is 6.61 Å². The Bertz CT molecular complexity index is 950. The standard InChI is InChI=1S/C20H18Cl2N2O5/c1-28-17-6-5-14(22)9-16(17)23-18(25)11-29-20(27)12-7-19(26)24(10-12)15-4-2-3-13(21)8-15/h2-6,8-9,12H,7,10-11H2,1H3,(H,23,25). The molecule has 1 heterocycles. The second-order valence-corrected chi connectivity index (χ2v) is 7.26. The summed E-state index contributed by atoms with van der Waals surface area (Å²) in [7, 11) is 1.46. The molecule has 1 unspecified atom stereocenters. The lowest BCUT2D eigenvalue weighted by Gasteiger charge is -2.16. The first-order valence-corrected chi connectivity index (χ1v) is 9.49. The van der Waals surface area contributed by atoms with Crippen molar-refractivity contribution < 1.29 is 23.9 Å². The molecule has 0 bridgehead atoms. The summed E-state index contributed by atoms with van der Waals surface area (Å²) in [6.45, 7) is -0.321. The van der Waals surface area contributed by atoms with Gasteiger partial charge in [0.05, 0.1) is 18.7 Å². The number of hydrogen-bond acceptors (Lipinski definition) is 5. The molecule has 0 aromatic heterocycles. The summed E-state index contributed by atoms with van der Waals surface area (Å²) >= 11 is 11.9. The van der Waals surface area contributed by atoms with Crippen LogP contribution in [0.5, 0.6) is 5.75 Å². The van der Waals surface area contributed by atoms with Crippen LogP contribution in [-0.2, 0) is 19.1 Å². The Kier molecular flexibility index (Phi) is 6.61. The van der Waals surface area contributed by atoms with Crippen LogP contribution in [0.1, 0.15) is 6.42 Å². The number of ether oxygens (including phenoxy) is 2. The van der Waals surface area contributed by atoms with E-state index in [0.717, 1.165) is 0 Å². The van der Waals surface area contributed by atoms with Crippen LogP contribution in [0.4, 0.5) is 11.4 Å². The minimum Gasteiger partial charge on any atom is -0.495 e. The molecule has 2 amide bonds. The van der Waals surface area contributed by atoms with E-state index in [2.05, 4.69) is 5.32 Å². The number of halogens is 2. The van der Waals surface area contributed by atoms with Crippen LogP contribution in [0.25, 0.3) is 0 Å². The number of anilines is 2. The Balaban J connectivity index is 1.55. The molecule has 1 aliphatic heterocycles. The normalized spacial score (nSPS) is 15.9. The van der Waals surface area contributed by atoms with E-state index >= 15 is 0 Å². The van der Waals surface area contributed by atoms with Crippen LogP contribution in [0.2, 0.25) is 10.0 Å². The first kappa shape index (κ1) is 21.0. The number of methoxy groups -OCH3 is 1. The zero-order chi connectivity index (χ0) is 21.0. The van der Waals surface area contributed by atoms with Crippen LogP contribution in [0.15, 0.2) is 42.5 Å². The van der Waals surface area contributed by atoms with E-state index in [-0.39, 0.29) is 18.9 Å². The van der Waals surface area contributed by atoms with Gasteiger partial charge in [0.1, 0.15) is 5.75 Å². The van der Waals surface area contributed by atoms with Gasteiger partial charge in [-0.15, -0.1) is 0 Å². The smallest absolute Gasteiger partial charge is 0.311 e. The highest BCUT2D eigenvalue weighted by molar-refractivity contribution is 6.31. The molecule has 0 saturated carbocycles. The highest BCUT2D eigenvalue weighted by Crippen LogP contribution is 2.29. The van der Waals surface area contributed by atoms with Gasteiger partial charge in [0.25, 0.3) is 5.91 Å². The van der Waals surface area contributed by atoms with Crippen molar-refractivity contribution in [2.45, 2.75) is 6.42 Å². The van der Waals surface area contributed by atoms with Crippen LogP contribution in [0.3, 0.4) is 0 Å². The molecule has 0 aliphatic carbocycles. The third-order valence-electron chi connectivity index (χ3n) is 4.36. The van der Waals surface area contributed by atoms with E-state index < -0.39 is 24.4 Å². The van der Waals surface area contributed by atoms with E-state index in [0.29, 0.717) is 27.2 Å². The molecular formula is C20H18Cl2N2O5. The van der Waals surface area contributed by atoms with Crippen LogP contribution < -0.4 is 15.0 Å². The number of rotatable bonds is 6. The fraction of sp³-hybridized carbons (Fsp3) is 0.250. The van der Waals surface area contributed by atoms with Crippen LogP contribution in [0, 0.1) is 5.92 Å². The number of amides is 2. The summed E-state index contributed by atoms with van der Waals surface area (Å²) < 4.78 is 10.2. The third kappa shape index (κ3) is 5.19. The second kappa shape index (κ2) is 9.15. The maximum Gasteiger partial charge on any atom is 0.311 e. The van der Waals surface area contributed by atoms with Gasteiger partial charge in [-0.25, -0.2) is 0 Å². The highest BCUT2D eigenvalue weighted by Gasteiger charge is 2.36. The minimum atomic E-state index is -0.657. The number of hydrogen-bond donors (Lipinski definition) is 1. The molecular weight excluding hydrogens is 419 g/mol. The van der Waals surface area contributed by atoms with E-state index in [9.17, 15) is 14.4 Å². The first-order valence-electron chi connectivity index (χ1n) is 8.73. The van der Waals surface area contributed by atoms with Crippen LogP contribution >= 0.6 is 23.2 Å². The Morgan fingerprint density at radius 2 is 1.93 bits per heavy atom. The highest BCUT2D eigenvalue weighted by atomic mass is 35.5. The average Bonchev–Trinajstić information content (AvgIpc) is 3.08. The van der Waals surface area contributed by atoms with Gasteiger partial charge in [-0.3, -0.25) is 14.4 Å².